The van der Waals surface area contributed by atoms with Crippen molar-refractivity contribution in [2.75, 3.05) is 0 Å². The highest BCUT2D eigenvalue weighted by atomic mass is 16.5. The molecule has 0 atom stereocenters. The zero-order valence-corrected chi connectivity index (χ0v) is 11.1. The summed E-state index contributed by atoms with van der Waals surface area (Å²) in [6, 6.07) is 8.17. The summed E-state index contributed by atoms with van der Waals surface area (Å²) < 4.78 is 0. The van der Waals surface area contributed by atoms with E-state index in [-0.39, 0.29) is 0 Å². The molecule has 91 valence electrons. The first-order chi connectivity index (χ1) is 7.75. The molecule has 0 saturated carbocycles. The lowest BCUT2D eigenvalue weighted by molar-refractivity contribution is -0.240. The van der Waals surface area contributed by atoms with Crippen LogP contribution in [0.1, 0.15) is 38.8 Å². The van der Waals surface area contributed by atoms with E-state index in [0.29, 0.717) is 0 Å². The van der Waals surface area contributed by atoms with Gasteiger partial charge in [-0.3, -0.25) is 4.99 Å². The summed E-state index contributed by atoms with van der Waals surface area (Å²) in [7, 11) is 0. The zero-order valence-electron chi connectivity index (χ0n) is 11.1. The highest BCUT2D eigenvalue weighted by molar-refractivity contribution is 6.08. The number of hydrogen-bond donors (Lipinski definition) is 0. The number of hydrogen-bond acceptors (Lipinski definition) is 2. The Bertz CT molecular complexity index is 458. The van der Waals surface area contributed by atoms with E-state index in [0.717, 1.165) is 16.3 Å². The molecule has 0 spiro atoms. The van der Waals surface area contributed by atoms with Gasteiger partial charge < -0.3 is 0 Å². The molecule has 1 aromatic carbocycles. The van der Waals surface area contributed by atoms with Crippen LogP contribution in [0.3, 0.4) is 0 Å². The third-order valence-electron chi connectivity index (χ3n) is 3.29. The molecule has 0 fully saturated rings. The molecule has 3 heteroatoms. The van der Waals surface area contributed by atoms with Gasteiger partial charge in [-0.15, -0.1) is 10.3 Å². The Morgan fingerprint density at radius 1 is 1.06 bits per heavy atom. The van der Waals surface area contributed by atoms with E-state index in [1.54, 1.807) is 0 Å². The number of hydroxylamine groups is 2. The van der Waals surface area contributed by atoms with Crippen molar-refractivity contribution in [3.05, 3.63) is 35.4 Å². The molecule has 1 radical (unpaired) electrons. The Morgan fingerprint density at radius 3 is 2.00 bits per heavy atom. The predicted molar refractivity (Wildman–Crippen MR) is 68.4 cm³/mol. The maximum absolute atomic E-state index is 12.2. The largest absolute Gasteiger partial charge is 0.263 e. The molecule has 2 rings (SSSR count). The van der Waals surface area contributed by atoms with Gasteiger partial charge in [0.2, 0.25) is 0 Å². The molecule has 0 unspecified atom stereocenters. The molecule has 0 aliphatic carbocycles. The van der Waals surface area contributed by atoms with Gasteiger partial charge in [0.1, 0.15) is 5.66 Å². The normalized spacial score (nSPS) is 22.6. The monoisotopic (exact) mass is 231 g/mol. The van der Waals surface area contributed by atoms with E-state index >= 15 is 0 Å². The van der Waals surface area contributed by atoms with Crippen LogP contribution in [0.15, 0.2) is 29.3 Å². The third kappa shape index (κ3) is 1.90. The fourth-order valence-corrected chi connectivity index (χ4v) is 2.37. The van der Waals surface area contributed by atoms with E-state index in [2.05, 4.69) is 11.9 Å². The number of aryl methyl sites for hydroxylation is 1. The lowest BCUT2D eigenvalue weighted by Crippen LogP contribution is -2.49. The smallest absolute Gasteiger partial charge is 0.134 e. The van der Waals surface area contributed by atoms with Crippen molar-refractivity contribution in [1.29, 1.82) is 0 Å². The van der Waals surface area contributed by atoms with Gasteiger partial charge in [-0.1, -0.05) is 29.8 Å². The molecule has 0 N–H and O–H groups in total. The van der Waals surface area contributed by atoms with Gasteiger partial charge >= 0.3 is 0 Å². The van der Waals surface area contributed by atoms with Crippen LogP contribution in [0.4, 0.5) is 0 Å². The maximum Gasteiger partial charge on any atom is 0.134 e. The van der Waals surface area contributed by atoms with Crippen molar-refractivity contribution < 1.29 is 5.21 Å². The summed E-state index contributed by atoms with van der Waals surface area (Å²) in [5.74, 6) is 0. The average Bonchev–Trinajstić information content (AvgIpc) is 2.40. The highest BCUT2D eigenvalue weighted by Crippen LogP contribution is 2.35. The Hall–Kier alpha value is -1.19. The van der Waals surface area contributed by atoms with E-state index in [9.17, 15) is 5.21 Å². The fourth-order valence-electron chi connectivity index (χ4n) is 2.37. The van der Waals surface area contributed by atoms with Gasteiger partial charge in [0.05, 0.1) is 11.3 Å². The van der Waals surface area contributed by atoms with Gasteiger partial charge in [0.15, 0.2) is 0 Å². The summed E-state index contributed by atoms with van der Waals surface area (Å²) in [4.78, 5) is 4.58. The van der Waals surface area contributed by atoms with Gasteiger partial charge in [-0.2, -0.15) is 0 Å². The van der Waals surface area contributed by atoms with Crippen LogP contribution in [0.5, 0.6) is 0 Å². The molecule has 0 amide bonds. The SMILES string of the molecule is Cc1ccc(C2=NC(C)(C)N([O])C2(C)C)cc1. The van der Waals surface area contributed by atoms with Gasteiger partial charge in [0, 0.05) is 0 Å². The topological polar surface area (TPSA) is 35.5 Å². The summed E-state index contributed by atoms with van der Waals surface area (Å²) in [6.07, 6.45) is 0. The second-order valence-electron chi connectivity index (χ2n) is 5.67. The number of nitrogens with zero attached hydrogens (tertiary/aromatic N) is 2. The van der Waals surface area contributed by atoms with Crippen molar-refractivity contribution in [1.82, 2.24) is 5.06 Å². The number of benzene rings is 1. The minimum atomic E-state index is -0.677. The van der Waals surface area contributed by atoms with E-state index in [1.807, 2.05) is 52.0 Å². The lowest BCUT2D eigenvalue weighted by atomic mass is 9.92. The molecule has 1 heterocycles. The molecular formula is C14H19N2O. The molecule has 1 aromatic rings. The minimum Gasteiger partial charge on any atom is -0.263 e. The summed E-state index contributed by atoms with van der Waals surface area (Å²) in [6.45, 7) is 9.60. The van der Waals surface area contributed by atoms with Crippen LogP contribution < -0.4 is 0 Å². The van der Waals surface area contributed by atoms with E-state index < -0.39 is 11.2 Å². The molecule has 3 nitrogen and oxygen atoms in total. The first-order valence-corrected chi connectivity index (χ1v) is 5.90. The molecular weight excluding hydrogens is 212 g/mol. The zero-order chi connectivity index (χ0) is 12.8. The van der Waals surface area contributed by atoms with Crippen molar-refractivity contribution in [2.24, 2.45) is 4.99 Å². The minimum absolute atomic E-state index is 0.571. The van der Waals surface area contributed by atoms with Crippen molar-refractivity contribution in [3.8, 4) is 0 Å². The standard InChI is InChI=1S/C14H19N2O/c1-10-6-8-11(9-7-10)12-13(2,3)16(17)14(4,5)15-12/h6-9H,1-5H3. The maximum atomic E-state index is 12.2. The number of aliphatic imine (C=N–C) groups is 1. The summed E-state index contributed by atoms with van der Waals surface area (Å²) >= 11 is 0. The van der Waals surface area contributed by atoms with Crippen LogP contribution in [-0.4, -0.2) is 22.0 Å². The first kappa shape index (κ1) is 12.3. The average molecular weight is 231 g/mol. The van der Waals surface area contributed by atoms with Crippen molar-refractivity contribution in [3.63, 3.8) is 0 Å². The van der Waals surface area contributed by atoms with E-state index in [4.69, 9.17) is 0 Å². The Kier molecular flexibility index (Phi) is 2.64. The summed E-state index contributed by atoms with van der Waals surface area (Å²) in [5.41, 5.74) is 1.87. The third-order valence-corrected chi connectivity index (χ3v) is 3.29. The van der Waals surface area contributed by atoms with Crippen LogP contribution in [0.2, 0.25) is 0 Å². The van der Waals surface area contributed by atoms with Crippen LogP contribution in [0, 0.1) is 6.92 Å². The second-order valence-corrected chi connectivity index (χ2v) is 5.67. The molecule has 0 bridgehead atoms. The van der Waals surface area contributed by atoms with Gasteiger partial charge in [-0.25, -0.2) is 0 Å². The Morgan fingerprint density at radius 2 is 1.59 bits per heavy atom. The molecule has 0 saturated heterocycles. The van der Waals surface area contributed by atoms with Gasteiger partial charge in [-0.05, 0) is 40.2 Å². The van der Waals surface area contributed by atoms with E-state index in [1.165, 1.54) is 5.56 Å². The second kappa shape index (κ2) is 3.65. The summed E-state index contributed by atoms with van der Waals surface area (Å²) in [5, 5.41) is 13.3. The van der Waals surface area contributed by atoms with Crippen LogP contribution in [0.25, 0.3) is 0 Å². The molecule has 17 heavy (non-hydrogen) atoms. The predicted octanol–water partition coefficient (Wildman–Crippen LogP) is 2.96. The first-order valence-electron chi connectivity index (χ1n) is 5.90. The quantitative estimate of drug-likeness (QED) is 0.732. The molecule has 0 aromatic heterocycles. The van der Waals surface area contributed by atoms with Crippen molar-refractivity contribution >= 4 is 5.71 Å². The Balaban J connectivity index is 2.49. The Labute approximate surface area is 103 Å². The van der Waals surface area contributed by atoms with Crippen molar-refractivity contribution in [2.45, 2.75) is 45.8 Å². The van der Waals surface area contributed by atoms with Crippen LogP contribution >= 0.6 is 0 Å². The number of rotatable bonds is 1. The van der Waals surface area contributed by atoms with Gasteiger partial charge in [0.25, 0.3) is 0 Å². The molecule has 1 aliphatic heterocycles. The highest BCUT2D eigenvalue weighted by Gasteiger charge is 2.48. The fraction of sp³-hybridized carbons (Fsp3) is 0.500. The molecule has 1 aliphatic rings. The van der Waals surface area contributed by atoms with Crippen LogP contribution in [-0.2, 0) is 5.21 Å². The lowest BCUT2D eigenvalue weighted by Gasteiger charge is -2.31.